The molecule has 0 aliphatic rings. The third-order valence-corrected chi connectivity index (χ3v) is 4.13. The van der Waals surface area contributed by atoms with Crippen molar-refractivity contribution in [3.63, 3.8) is 0 Å². The van der Waals surface area contributed by atoms with E-state index in [0.29, 0.717) is 10.8 Å². The molecule has 0 saturated heterocycles. The average molecular weight is 303 g/mol. The van der Waals surface area contributed by atoms with E-state index >= 15 is 0 Å². The number of aryl methyl sites for hydroxylation is 2. The summed E-state index contributed by atoms with van der Waals surface area (Å²) in [6.07, 6.45) is 1.62. The van der Waals surface area contributed by atoms with Crippen molar-refractivity contribution in [1.82, 2.24) is 20.0 Å². The molecular formula is C15H21N5S. The lowest BCUT2D eigenvalue weighted by atomic mass is 10.0. The van der Waals surface area contributed by atoms with E-state index < -0.39 is 0 Å². The van der Waals surface area contributed by atoms with Crippen molar-refractivity contribution >= 4 is 17.2 Å². The fraction of sp³-hybridized carbons (Fsp3) is 0.467. The van der Waals surface area contributed by atoms with E-state index in [1.807, 2.05) is 20.8 Å². The minimum atomic E-state index is 0.344. The summed E-state index contributed by atoms with van der Waals surface area (Å²) < 4.78 is 1.80. The van der Waals surface area contributed by atoms with Gasteiger partial charge in [0.05, 0.1) is 17.0 Å². The zero-order valence-electron chi connectivity index (χ0n) is 13.2. The van der Waals surface area contributed by atoms with E-state index in [-0.39, 0.29) is 0 Å². The van der Waals surface area contributed by atoms with Gasteiger partial charge in [-0.1, -0.05) is 26.1 Å². The molecule has 0 unspecified atom stereocenters. The van der Waals surface area contributed by atoms with Crippen molar-refractivity contribution in [2.75, 3.05) is 0 Å². The Bertz CT molecular complexity index is 703. The first-order chi connectivity index (χ1) is 9.92. The van der Waals surface area contributed by atoms with Crippen LogP contribution in [0.15, 0.2) is 0 Å². The van der Waals surface area contributed by atoms with E-state index in [4.69, 9.17) is 18.0 Å². The molecule has 0 saturated carbocycles. The Labute approximate surface area is 130 Å². The third-order valence-electron chi connectivity index (χ3n) is 3.93. The zero-order valence-corrected chi connectivity index (χ0v) is 14.0. The molecule has 2 aromatic rings. The number of hydrogen-bond donors (Lipinski definition) is 1. The van der Waals surface area contributed by atoms with Gasteiger partial charge >= 0.3 is 0 Å². The Morgan fingerprint density at radius 2 is 1.81 bits per heavy atom. The summed E-state index contributed by atoms with van der Waals surface area (Å²) in [7, 11) is 0. The highest BCUT2D eigenvalue weighted by molar-refractivity contribution is 7.80. The predicted octanol–water partition coefficient (Wildman–Crippen LogP) is 2.35. The van der Waals surface area contributed by atoms with Crippen LogP contribution in [0.5, 0.6) is 0 Å². The molecule has 0 fully saturated rings. The Morgan fingerprint density at radius 1 is 1.14 bits per heavy atom. The largest absolute Gasteiger partial charge is 0.389 e. The van der Waals surface area contributed by atoms with Crippen LogP contribution >= 0.6 is 12.2 Å². The summed E-state index contributed by atoms with van der Waals surface area (Å²) in [4.78, 5) is 0.344. The van der Waals surface area contributed by atoms with Gasteiger partial charge in [0.1, 0.15) is 4.99 Å². The first-order valence-electron chi connectivity index (χ1n) is 7.13. The molecule has 2 aromatic heterocycles. The second-order valence-corrected chi connectivity index (χ2v) is 5.54. The average Bonchev–Trinajstić information content (AvgIpc) is 2.72. The van der Waals surface area contributed by atoms with Crippen LogP contribution < -0.4 is 5.73 Å². The normalized spacial score (nSPS) is 10.9. The van der Waals surface area contributed by atoms with Crippen LogP contribution in [0.3, 0.4) is 0 Å². The predicted molar refractivity (Wildman–Crippen MR) is 88.0 cm³/mol. The molecular weight excluding hydrogens is 282 g/mol. The monoisotopic (exact) mass is 303 g/mol. The zero-order chi connectivity index (χ0) is 15.7. The summed E-state index contributed by atoms with van der Waals surface area (Å²) in [5.74, 6) is 0.630. The summed E-state index contributed by atoms with van der Waals surface area (Å²) in [5, 5.41) is 13.2. The lowest BCUT2D eigenvalue weighted by Gasteiger charge is -2.15. The van der Waals surface area contributed by atoms with Crippen molar-refractivity contribution < 1.29 is 0 Å². The minimum Gasteiger partial charge on any atom is -0.389 e. The van der Waals surface area contributed by atoms with E-state index in [9.17, 15) is 0 Å². The van der Waals surface area contributed by atoms with Crippen LogP contribution in [-0.2, 0) is 12.8 Å². The van der Waals surface area contributed by atoms with Gasteiger partial charge in [0, 0.05) is 5.69 Å². The summed E-state index contributed by atoms with van der Waals surface area (Å²) >= 11 is 5.26. The SMILES string of the molecule is CCc1nnc(-n2nc(C)c(C)c2C)c(C(N)=S)c1CC. The lowest BCUT2D eigenvalue weighted by Crippen LogP contribution is -2.21. The van der Waals surface area contributed by atoms with Crippen LogP contribution in [0.25, 0.3) is 5.82 Å². The molecule has 0 bridgehead atoms. The number of aromatic nitrogens is 4. The van der Waals surface area contributed by atoms with Crippen molar-refractivity contribution in [2.24, 2.45) is 5.73 Å². The van der Waals surface area contributed by atoms with Gasteiger partial charge in [-0.2, -0.15) is 10.2 Å². The molecule has 2 heterocycles. The smallest absolute Gasteiger partial charge is 0.186 e. The van der Waals surface area contributed by atoms with Crippen molar-refractivity contribution in [2.45, 2.75) is 47.5 Å². The van der Waals surface area contributed by atoms with Crippen molar-refractivity contribution in [1.29, 1.82) is 0 Å². The maximum Gasteiger partial charge on any atom is 0.186 e. The van der Waals surface area contributed by atoms with Crippen molar-refractivity contribution in [3.05, 3.63) is 33.8 Å². The maximum atomic E-state index is 5.97. The number of nitrogens with two attached hydrogens (primary N) is 1. The fourth-order valence-electron chi connectivity index (χ4n) is 2.50. The van der Waals surface area contributed by atoms with Gasteiger partial charge in [0.25, 0.3) is 0 Å². The van der Waals surface area contributed by atoms with E-state index in [1.54, 1.807) is 4.68 Å². The standard InChI is InChI=1S/C15H21N5S/c1-6-11-12(7-2)17-18-15(13(11)14(16)21)20-10(5)8(3)9(4)19-20/h6-7H2,1-5H3,(H2,16,21). The van der Waals surface area contributed by atoms with Crippen LogP contribution in [-0.4, -0.2) is 25.0 Å². The lowest BCUT2D eigenvalue weighted by molar-refractivity contribution is 0.757. The highest BCUT2D eigenvalue weighted by atomic mass is 32.1. The first kappa shape index (κ1) is 15.6. The van der Waals surface area contributed by atoms with Gasteiger partial charge in [0.2, 0.25) is 0 Å². The molecule has 2 rings (SSSR count). The molecule has 0 radical (unpaired) electrons. The molecule has 0 atom stereocenters. The molecule has 5 nitrogen and oxygen atoms in total. The highest BCUT2D eigenvalue weighted by Crippen LogP contribution is 2.23. The van der Waals surface area contributed by atoms with Crippen LogP contribution in [0.4, 0.5) is 0 Å². The molecule has 0 aliphatic carbocycles. The van der Waals surface area contributed by atoms with Crippen LogP contribution in [0.2, 0.25) is 0 Å². The number of rotatable bonds is 4. The Hall–Kier alpha value is -1.82. The van der Waals surface area contributed by atoms with E-state index in [1.165, 1.54) is 0 Å². The fourth-order valence-corrected chi connectivity index (χ4v) is 2.71. The molecule has 0 amide bonds. The number of thiocarbonyl (C=S) groups is 1. The third kappa shape index (κ3) is 2.55. The Balaban J connectivity index is 2.80. The maximum absolute atomic E-state index is 5.97. The minimum absolute atomic E-state index is 0.344. The highest BCUT2D eigenvalue weighted by Gasteiger charge is 2.20. The van der Waals surface area contributed by atoms with E-state index in [2.05, 4.69) is 29.1 Å². The topological polar surface area (TPSA) is 69.6 Å². The van der Waals surface area contributed by atoms with Crippen LogP contribution in [0, 0.1) is 20.8 Å². The second-order valence-electron chi connectivity index (χ2n) is 5.10. The van der Waals surface area contributed by atoms with E-state index in [0.717, 1.165) is 46.6 Å². The molecule has 0 aromatic carbocycles. The molecule has 0 aliphatic heterocycles. The van der Waals surface area contributed by atoms with Crippen LogP contribution in [0.1, 0.15) is 47.6 Å². The molecule has 6 heteroatoms. The Morgan fingerprint density at radius 3 is 2.24 bits per heavy atom. The number of nitrogens with zero attached hydrogens (tertiary/aromatic N) is 4. The Kier molecular flexibility index (Phi) is 4.37. The van der Waals surface area contributed by atoms with Gasteiger partial charge < -0.3 is 5.73 Å². The van der Waals surface area contributed by atoms with Gasteiger partial charge in [-0.05, 0) is 44.7 Å². The molecule has 112 valence electrons. The summed E-state index contributed by atoms with van der Waals surface area (Å²) in [6.45, 7) is 10.2. The second kappa shape index (κ2) is 5.89. The van der Waals surface area contributed by atoms with Crippen molar-refractivity contribution in [3.8, 4) is 5.82 Å². The molecule has 0 spiro atoms. The van der Waals surface area contributed by atoms with Gasteiger partial charge in [-0.3, -0.25) is 0 Å². The number of hydrogen-bond acceptors (Lipinski definition) is 4. The quantitative estimate of drug-likeness (QED) is 0.878. The first-order valence-corrected chi connectivity index (χ1v) is 7.54. The van der Waals surface area contributed by atoms with Gasteiger partial charge in [-0.15, -0.1) is 5.10 Å². The summed E-state index contributed by atoms with van der Waals surface area (Å²) in [5.41, 5.74) is 11.9. The van der Waals surface area contributed by atoms with Gasteiger partial charge in [0.15, 0.2) is 5.82 Å². The van der Waals surface area contributed by atoms with Gasteiger partial charge in [-0.25, -0.2) is 4.68 Å². The summed E-state index contributed by atoms with van der Waals surface area (Å²) in [6, 6.07) is 0. The molecule has 2 N–H and O–H groups in total. The molecule has 21 heavy (non-hydrogen) atoms.